The molecule has 0 saturated heterocycles. The Hall–Kier alpha value is -0.900. The summed E-state index contributed by atoms with van der Waals surface area (Å²) in [7, 11) is 0. The quantitative estimate of drug-likeness (QED) is 0.713. The Kier molecular flexibility index (Phi) is 5.17. The predicted molar refractivity (Wildman–Crippen MR) is 72.4 cm³/mol. The second-order valence-electron chi connectivity index (χ2n) is 5.23. The summed E-state index contributed by atoms with van der Waals surface area (Å²) < 4.78 is 0. The number of nitrogens with one attached hydrogen (secondary N) is 1. The van der Waals surface area contributed by atoms with Gasteiger partial charge in [0, 0.05) is 12.6 Å². The van der Waals surface area contributed by atoms with Gasteiger partial charge in [-0.3, -0.25) is 0 Å². The van der Waals surface area contributed by atoms with Gasteiger partial charge in [0.1, 0.15) is 0 Å². The lowest BCUT2D eigenvalue weighted by Crippen LogP contribution is -2.39. The molecule has 3 N–H and O–H groups in total. The maximum atomic E-state index is 9.38. The van der Waals surface area contributed by atoms with E-state index < -0.39 is 6.10 Å². The first-order chi connectivity index (χ1) is 8.79. The third-order valence-electron chi connectivity index (χ3n) is 3.83. The molecule has 0 aromatic heterocycles. The van der Waals surface area contributed by atoms with Gasteiger partial charge in [0.2, 0.25) is 0 Å². The molecule has 0 spiro atoms. The Morgan fingerprint density at radius 1 is 1.22 bits per heavy atom. The standard InChI is InChI=1S/C15H23NO2/c17-11-14(18)10-16-15-8-4-7-13(15)9-12-5-2-1-3-6-12/h1-3,5-6,13-18H,4,7-11H2. The molecule has 0 radical (unpaired) electrons. The van der Waals surface area contributed by atoms with Gasteiger partial charge >= 0.3 is 0 Å². The molecule has 18 heavy (non-hydrogen) atoms. The van der Waals surface area contributed by atoms with Crippen molar-refractivity contribution in [2.45, 2.75) is 37.8 Å². The summed E-state index contributed by atoms with van der Waals surface area (Å²) >= 11 is 0. The summed E-state index contributed by atoms with van der Waals surface area (Å²) in [4.78, 5) is 0. The van der Waals surface area contributed by atoms with Gasteiger partial charge in [-0.1, -0.05) is 36.8 Å². The average molecular weight is 249 g/mol. The Bertz CT molecular complexity index is 342. The van der Waals surface area contributed by atoms with Crippen molar-refractivity contribution >= 4 is 0 Å². The molecule has 3 atom stereocenters. The minimum atomic E-state index is -0.636. The zero-order chi connectivity index (χ0) is 12.8. The van der Waals surface area contributed by atoms with Crippen molar-refractivity contribution in [2.24, 2.45) is 5.92 Å². The maximum Gasteiger partial charge on any atom is 0.0895 e. The van der Waals surface area contributed by atoms with Crippen molar-refractivity contribution in [3.8, 4) is 0 Å². The zero-order valence-corrected chi connectivity index (χ0v) is 10.8. The normalized spacial score (nSPS) is 25.2. The van der Waals surface area contributed by atoms with Crippen LogP contribution in [0.2, 0.25) is 0 Å². The monoisotopic (exact) mass is 249 g/mol. The van der Waals surface area contributed by atoms with Gasteiger partial charge in [-0.05, 0) is 30.7 Å². The fourth-order valence-electron chi connectivity index (χ4n) is 2.82. The molecule has 3 unspecified atom stereocenters. The van der Waals surface area contributed by atoms with Gasteiger partial charge in [-0.15, -0.1) is 0 Å². The van der Waals surface area contributed by atoms with Crippen LogP contribution in [0.15, 0.2) is 30.3 Å². The van der Waals surface area contributed by atoms with Crippen LogP contribution >= 0.6 is 0 Å². The molecule has 3 nitrogen and oxygen atoms in total. The fraction of sp³-hybridized carbons (Fsp3) is 0.600. The van der Waals surface area contributed by atoms with Crippen molar-refractivity contribution in [3.63, 3.8) is 0 Å². The van der Waals surface area contributed by atoms with Crippen molar-refractivity contribution in [2.75, 3.05) is 13.2 Å². The van der Waals surface area contributed by atoms with Gasteiger partial charge in [0.25, 0.3) is 0 Å². The van der Waals surface area contributed by atoms with Crippen LogP contribution in [0, 0.1) is 5.92 Å². The highest BCUT2D eigenvalue weighted by Crippen LogP contribution is 2.28. The van der Waals surface area contributed by atoms with Gasteiger partial charge in [-0.2, -0.15) is 0 Å². The van der Waals surface area contributed by atoms with Crippen LogP contribution in [0.4, 0.5) is 0 Å². The third kappa shape index (κ3) is 3.80. The molecule has 0 heterocycles. The maximum absolute atomic E-state index is 9.38. The number of hydrogen-bond acceptors (Lipinski definition) is 3. The Balaban J connectivity index is 1.84. The molecule has 2 rings (SSSR count). The van der Waals surface area contributed by atoms with Crippen LogP contribution in [0.3, 0.4) is 0 Å². The lowest BCUT2D eigenvalue weighted by atomic mass is 9.94. The summed E-state index contributed by atoms with van der Waals surface area (Å²) in [6.07, 6.45) is 4.15. The highest BCUT2D eigenvalue weighted by atomic mass is 16.3. The summed E-state index contributed by atoms with van der Waals surface area (Å²) in [5.41, 5.74) is 1.39. The van der Waals surface area contributed by atoms with E-state index in [9.17, 15) is 5.11 Å². The molecule has 1 aliphatic rings. The number of rotatable bonds is 6. The molecule has 1 aliphatic carbocycles. The van der Waals surface area contributed by atoms with E-state index in [1.807, 2.05) is 6.07 Å². The largest absolute Gasteiger partial charge is 0.394 e. The SMILES string of the molecule is OCC(O)CNC1CCCC1Cc1ccccc1. The van der Waals surface area contributed by atoms with Crippen molar-refractivity contribution < 1.29 is 10.2 Å². The van der Waals surface area contributed by atoms with Crippen molar-refractivity contribution in [1.29, 1.82) is 0 Å². The molecule has 1 saturated carbocycles. The predicted octanol–water partition coefficient (Wildman–Crippen LogP) is 1.34. The Morgan fingerprint density at radius 2 is 2.00 bits per heavy atom. The molecular weight excluding hydrogens is 226 g/mol. The summed E-state index contributed by atoms with van der Waals surface area (Å²) in [5.74, 6) is 0.651. The minimum absolute atomic E-state index is 0.164. The molecule has 0 bridgehead atoms. The van der Waals surface area contributed by atoms with E-state index in [1.165, 1.54) is 24.8 Å². The summed E-state index contributed by atoms with van der Waals surface area (Å²) in [5, 5.41) is 21.6. The van der Waals surface area contributed by atoms with E-state index in [1.54, 1.807) is 0 Å². The third-order valence-corrected chi connectivity index (χ3v) is 3.83. The van der Waals surface area contributed by atoms with Crippen LogP contribution in [0.25, 0.3) is 0 Å². The van der Waals surface area contributed by atoms with E-state index >= 15 is 0 Å². The van der Waals surface area contributed by atoms with E-state index in [0.29, 0.717) is 18.5 Å². The van der Waals surface area contributed by atoms with E-state index in [0.717, 1.165) is 6.42 Å². The van der Waals surface area contributed by atoms with Gasteiger partial charge in [-0.25, -0.2) is 0 Å². The number of hydrogen-bond donors (Lipinski definition) is 3. The van der Waals surface area contributed by atoms with Crippen LogP contribution in [0.5, 0.6) is 0 Å². The Morgan fingerprint density at radius 3 is 2.72 bits per heavy atom. The van der Waals surface area contributed by atoms with E-state index in [-0.39, 0.29) is 6.61 Å². The van der Waals surface area contributed by atoms with Crippen molar-refractivity contribution in [1.82, 2.24) is 5.32 Å². The lowest BCUT2D eigenvalue weighted by molar-refractivity contribution is 0.0904. The minimum Gasteiger partial charge on any atom is -0.394 e. The number of aliphatic hydroxyl groups excluding tert-OH is 2. The van der Waals surface area contributed by atoms with E-state index in [4.69, 9.17) is 5.11 Å². The fourth-order valence-corrected chi connectivity index (χ4v) is 2.82. The first kappa shape index (κ1) is 13.5. The molecule has 0 amide bonds. The lowest BCUT2D eigenvalue weighted by Gasteiger charge is -2.22. The zero-order valence-electron chi connectivity index (χ0n) is 10.8. The van der Waals surface area contributed by atoms with Gasteiger partial charge < -0.3 is 15.5 Å². The molecule has 1 aromatic carbocycles. The first-order valence-electron chi connectivity index (χ1n) is 6.86. The molecule has 1 aromatic rings. The number of aliphatic hydroxyl groups is 2. The Labute approximate surface area is 109 Å². The average Bonchev–Trinajstić information content (AvgIpc) is 2.84. The van der Waals surface area contributed by atoms with Crippen molar-refractivity contribution in [3.05, 3.63) is 35.9 Å². The molecule has 3 heteroatoms. The summed E-state index contributed by atoms with van der Waals surface area (Å²) in [6, 6.07) is 11.1. The second kappa shape index (κ2) is 6.88. The van der Waals surface area contributed by atoms with Crippen LogP contribution in [-0.4, -0.2) is 35.5 Å². The van der Waals surface area contributed by atoms with Crippen LogP contribution in [-0.2, 0) is 6.42 Å². The summed E-state index contributed by atoms with van der Waals surface area (Å²) in [6.45, 7) is 0.329. The second-order valence-corrected chi connectivity index (χ2v) is 5.23. The molecule has 0 aliphatic heterocycles. The highest BCUT2D eigenvalue weighted by molar-refractivity contribution is 5.16. The molecular formula is C15H23NO2. The van der Waals surface area contributed by atoms with Crippen LogP contribution < -0.4 is 5.32 Å². The van der Waals surface area contributed by atoms with Crippen LogP contribution in [0.1, 0.15) is 24.8 Å². The first-order valence-corrected chi connectivity index (χ1v) is 6.86. The van der Waals surface area contributed by atoms with E-state index in [2.05, 4.69) is 29.6 Å². The van der Waals surface area contributed by atoms with Gasteiger partial charge in [0.15, 0.2) is 0 Å². The number of benzene rings is 1. The van der Waals surface area contributed by atoms with Gasteiger partial charge in [0.05, 0.1) is 12.7 Å². The molecule has 1 fully saturated rings. The topological polar surface area (TPSA) is 52.5 Å². The molecule has 100 valence electrons. The smallest absolute Gasteiger partial charge is 0.0895 e. The highest BCUT2D eigenvalue weighted by Gasteiger charge is 2.27.